The summed E-state index contributed by atoms with van der Waals surface area (Å²) in [5, 5.41) is 19.8. The van der Waals surface area contributed by atoms with Gasteiger partial charge in [0.2, 0.25) is 0 Å². The Morgan fingerprint density at radius 3 is 2.97 bits per heavy atom. The molecule has 0 amide bonds. The Kier molecular flexibility index (Phi) is 4.44. The molecule has 152 valence electrons. The van der Waals surface area contributed by atoms with Gasteiger partial charge in [-0.1, -0.05) is 12.1 Å². The maximum atomic E-state index is 11.6. The number of likely N-dealkylation sites (tertiary alicyclic amines) is 1. The van der Waals surface area contributed by atoms with Gasteiger partial charge in [0.05, 0.1) is 13.2 Å². The number of fused-ring (bicyclic) bond motifs is 2. The molecule has 29 heavy (non-hydrogen) atoms. The fourth-order valence-electron chi connectivity index (χ4n) is 5.21. The van der Waals surface area contributed by atoms with E-state index in [-0.39, 0.29) is 23.5 Å². The van der Waals surface area contributed by atoms with Crippen molar-refractivity contribution in [1.82, 2.24) is 9.88 Å². The van der Waals surface area contributed by atoms with E-state index in [4.69, 9.17) is 4.74 Å². The molecule has 1 aromatic heterocycles. The van der Waals surface area contributed by atoms with Crippen LogP contribution >= 0.6 is 0 Å². The van der Waals surface area contributed by atoms with Crippen LogP contribution in [0.1, 0.15) is 21.5 Å². The topological polar surface area (TPSA) is 86.1 Å². The normalized spacial score (nSPS) is 25.7. The van der Waals surface area contributed by atoms with Crippen molar-refractivity contribution in [3.63, 3.8) is 0 Å². The van der Waals surface area contributed by atoms with Gasteiger partial charge in [-0.05, 0) is 35.2 Å². The largest absolute Gasteiger partial charge is 0.493 e. The summed E-state index contributed by atoms with van der Waals surface area (Å²) >= 11 is 0. The van der Waals surface area contributed by atoms with Crippen LogP contribution in [0.15, 0.2) is 36.5 Å². The first kappa shape index (κ1) is 18.4. The van der Waals surface area contributed by atoms with E-state index in [0.29, 0.717) is 18.9 Å². The maximum absolute atomic E-state index is 11.6. The molecule has 0 saturated carbocycles. The number of anilines is 1. The first-order chi connectivity index (χ1) is 14.1. The van der Waals surface area contributed by atoms with Crippen LogP contribution in [0.2, 0.25) is 0 Å². The second-order valence-electron chi connectivity index (χ2n) is 8.49. The molecule has 2 aromatic rings. The number of aromatic carboxylic acids is 1. The molecule has 3 aliphatic rings. The van der Waals surface area contributed by atoms with E-state index in [1.807, 2.05) is 4.90 Å². The number of hydrogen-bond donors (Lipinski definition) is 2. The van der Waals surface area contributed by atoms with Crippen molar-refractivity contribution in [3.8, 4) is 5.75 Å². The number of aliphatic hydroxyl groups is 1. The smallest absolute Gasteiger partial charge is 0.339 e. The van der Waals surface area contributed by atoms with Crippen molar-refractivity contribution < 1.29 is 19.7 Å². The van der Waals surface area contributed by atoms with Gasteiger partial charge in [0.15, 0.2) is 0 Å². The number of pyridine rings is 1. The van der Waals surface area contributed by atoms with Crippen molar-refractivity contribution in [2.24, 2.45) is 11.3 Å². The van der Waals surface area contributed by atoms with Gasteiger partial charge in [-0.25, -0.2) is 9.78 Å². The Balaban J connectivity index is 1.32. The number of benzene rings is 1. The zero-order valence-electron chi connectivity index (χ0n) is 16.3. The summed E-state index contributed by atoms with van der Waals surface area (Å²) in [4.78, 5) is 20.4. The van der Waals surface area contributed by atoms with Gasteiger partial charge < -0.3 is 19.8 Å². The molecule has 2 unspecified atom stereocenters. The highest BCUT2D eigenvalue weighted by Gasteiger charge is 2.52. The first-order valence-corrected chi connectivity index (χ1v) is 10.1. The van der Waals surface area contributed by atoms with E-state index in [9.17, 15) is 15.0 Å². The minimum atomic E-state index is -0.967. The molecule has 5 rings (SSSR count). The Morgan fingerprint density at radius 2 is 2.17 bits per heavy atom. The summed E-state index contributed by atoms with van der Waals surface area (Å²) in [6.45, 7) is 4.74. The van der Waals surface area contributed by atoms with Crippen molar-refractivity contribution in [2.75, 3.05) is 44.3 Å². The highest BCUT2D eigenvalue weighted by Crippen LogP contribution is 2.44. The van der Waals surface area contributed by atoms with Crippen LogP contribution in [0.4, 0.5) is 5.82 Å². The molecule has 0 aliphatic carbocycles. The third kappa shape index (κ3) is 3.14. The van der Waals surface area contributed by atoms with Gasteiger partial charge in [0.25, 0.3) is 0 Å². The Morgan fingerprint density at radius 1 is 1.28 bits per heavy atom. The lowest BCUT2D eigenvalue weighted by atomic mass is 9.82. The zero-order chi connectivity index (χ0) is 20.0. The molecule has 0 bridgehead atoms. The fourth-order valence-corrected chi connectivity index (χ4v) is 5.21. The summed E-state index contributed by atoms with van der Waals surface area (Å²) in [6.07, 6.45) is 2.60. The minimum absolute atomic E-state index is 0.0952. The Hall–Kier alpha value is -2.64. The Labute approximate surface area is 169 Å². The van der Waals surface area contributed by atoms with Crippen molar-refractivity contribution in [1.29, 1.82) is 0 Å². The standard InChI is InChI=1S/C22H25N3O4/c26-14-22-12-24(9-15-3-4-19-16(8-15)5-7-29-19)10-17(22)11-25(13-22)20-18(21(27)28)2-1-6-23-20/h1-4,6,8,17,26H,5,7,9-14H2,(H,27,28). The van der Waals surface area contributed by atoms with Crippen LogP contribution in [-0.4, -0.2) is 65.5 Å². The van der Waals surface area contributed by atoms with Crippen LogP contribution in [0.3, 0.4) is 0 Å². The van der Waals surface area contributed by atoms with E-state index in [0.717, 1.165) is 38.4 Å². The molecule has 4 heterocycles. The predicted molar refractivity (Wildman–Crippen MR) is 107 cm³/mol. The fraction of sp³-hybridized carbons (Fsp3) is 0.455. The predicted octanol–water partition coefficient (Wildman–Crippen LogP) is 1.65. The molecule has 0 radical (unpaired) electrons. The van der Waals surface area contributed by atoms with Crippen LogP contribution in [-0.2, 0) is 13.0 Å². The molecule has 2 atom stereocenters. The maximum Gasteiger partial charge on any atom is 0.339 e. The monoisotopic (exact) mass is 395 g/mol. The quantitative estimate of drug-likeness (QED) is 0.796. The lowest BCUT2D eigenvalue weighted by molar-refractivity contribution is 0.0697. The first-order valence-electron chi connectivity index (χ1n) is 10.1. The molecule has 3 aliphatic heterocycles. The summed E-state index contributed by atoms with van der Waals surface area (Å²) in [5.41, 5.74) is 2.53. The highest BCUT2D eigenvalue weighted by atomic mass is 16.5. The number of ether oxygens (including phenoxy) is 1. The summed E-state index contributed by atoms with van der Waals surface area (Å²) in [5.74, 6) is 0.825. The number of hydrogen-bond acceptors (Lipinski definition) is 6. The molecule has 1 aromatic carbocycles. The summed E-state index contributed by atoms with van der Waals surface area (Å²) in [7, 11) is 0. The van der Waals surface area contributed by atoms with E-state index in [1.54, 1.807) is 18.3 Å². The summed E-state index contributed by atoms with van der Waals surface area (Å²) < 4.78 is 5.60. The second kappa shape index (κ2) is 7.00. The van der Waals surface area contributed by atoms with Crippen LogP contribution in [0.5, 0.6) is 5.75 Å². The van der Waals surface area contributed by atoms with E-state index >= 15 is 0 Å². The molecule has 2 saturated heterocycles. The average Bonchev–Trinajstić information content (AvgIpc) is 3.40. The average molecular weight is 395 g/mol. The number of rotatable bonds is 5. The number of carboxylic acid groups (broad SMARTS) is 1. The van der Waals surface area contributed by atoms with Gasteiger partial charge in [-0.3, -0.25) is 4.90 Å². The lowest BCUT2D eigenvalue weighted by Crippen LogP contribution is -2.37. The van der Waals surface area contributed by atoms with Crippen LogP contribution < -0.4 is 9.64 Å². The number of carbonyl (C=O) groups is 1. The van der Waals surface area contributed by atoms with E-state index < -0.39 is 5.97 Å². The molecular formula is C22H25N3O4. The van der Waals surface area contributed by atoms with Crippen LogP contribution in [0, 0.1) is 11.3 Å². The number of aromatic nitrogens is 1. The van der Waals surface area contributed by atoms with Crippen molar-refractivity contribution in [2.45, 2.75) is 13.0 Å². The number of carboxylic acids is 1. The third-order valence-corrected chi connectivity index (χ3v) is 6.62. The van der Waals surface area contributed by atoms with Crippen molar-refractivity contribution in [3.05, 3.63) is 53.2 Å². The highest BCUT2D eigenvalue weighted by molar-refractivity contribution is 5.93. The SMILES string of the molecule is O=C(O)c1cccnc1N1CC2CN(Cc3ccc4c(c3)CCO4)CC2(CO)C1. The molecule has 7 heteroatoms. The number of nitrogens with zero attached hydrogens (tertiary/aromatic N) is 3. The van der Waals surface area contributed by atoms with Gasteiger partial charge in [0, 0.05) is 50.8 Å². The van der Waals surface area contributed by atoms with Crippen molar-refractivity contribution >= 4 is 11.8 Å². The van der Waals surface area contributed by atoms with Crippen LogP contribution in [0.25, 0.3) is 0 Å². The summed E-state index contributed by atoms with van der Waals surface area (Å²) in [6, 6.07) is 9.67. The molecule has 0 spiro atoms. The van der Waals surface area contributed by atoms with Gasteiger partial charge in [0.1, 0.15) is 17.1 Å². The molecular weight excluding hydrogens is 370 g/mol. The minimum Gasteiger partial charge on any atom is -0.493 e. The third-order valence-electron chi connectivity index (χ3n) is 6.62. The van der Waals surface area contributed by atoms with Gasteiger partial charge in [-0.15, -0.1) is 0 Å². The molecule has 2 fully saturated rings. The Bertz CT molecular complexity index is 949. The molecule has 2 N–H and O–H groups in total. The second-order valence-corrected chi connectivity index (χ2v) is 8.49. The van der Waals surface area contributed by atoms with Gasteiger partial charge >= 0.3 is 5.97 Å². The van der Waals surface area contributed by atoms with Gasteiger partial charge in [-0.2, -0.15) is 0 Å². The number of aliphatic hydroxyl groups excluding tert-OH is 1. The zero-order valence-corrected chi connectivity index (χ0v) is 16.3. The van der Waals surface area contributed by atoms with E-state index in [1.165, 1.54) is 11.1 Å². The van der Waals surface area contributed by atoms with E-state index in [2.05, 4.69) is 28.1 Å². The molecule has 7 nitrogen and oxygen atoms in total. The lowest BCUT2D eigenvalue weighted by Gasteiger charge is -2.28.